The van der Waals surface area contributed by atoms with Crippen LogP contribution in [-0.2, 0) is 26.1 Å². The number of carbonyl (C=O) groups is 3. The Kier molecular flexibility index (Phi) is 26.1. The van der Waals surface area contributed by atoms with Crippen molar-refractivity contribution in [3.63, 3.8) is 0 Å². The van der Waals surface area contributed by atoms with Gasteiger partial charge in [0.25, 0.3) is 40.0 Å². The van der Waals surface area contributed by atoms with Crippen molar-refractivity contribution in [2.45, 2.75) is 39.4 Å². The van der Waals surface area contributed by atoms with Gasteiger partial charge >= 0.3 is 0 Å². The fourth-order valence-electron chi connectivity index (χ4n) is 8.04. The van der Waals surface area contributed by atoms with Crippen LogP contribution >= 0.6 is 82.6 Å². The van der Waals surface area contributed by atoms with Crippen LogP contribution in [0.3, 0.4) is 0 Å². The number of hydrogen-bond donors (Lipinski definition) is 6. The number of halogens is 6. The van der Waals surface area contributed by atoms with E-state index in [1.54, 1.807) is 111 Å². The number of nitrogens with one attached hydrogen (secondary N) is 3. The Balaban J connectivity index is 0.000000160. The molecule has 0 spiro atoms. The zero-order valence-electron chi connectivity index (χ0n) is 49.8. The molecule has 9 heterocycles. The predicted octanol–water partition coefficient (Wildman–Crippen LogP) is 7.03. The van der Waals surface area contributed by atoms with Gasteiger partial charge in [0.1, 0.15) is 48.6 Å². The first-order chi connectivity index (χ1) is 46.2. The van der Waals surface area contributed by atoms with Crippen molar-refractivity contribution in [1.82, 2.24) is 83.4 Å². The number of aliphatic hydroxyl groups is 2. The minimum atomic E-state index is -0.536. The summed E-state index contributed by atoms with van der Waals surface area (Å²) in [4.78, 5) is 126. The quantitative estimate of drug-likeness (QED) is 0.0668. The molecule has 12 rings (SSSR count). The fourth-order valence-corrected chi connectivity index (χ4v) is 9.24. The topological polar surface area (TPSA) is 369 Å². The number of aryl methyl sites for hydroxylation is 2. The molecule has 0 atom stereocenters. The average molecular weight is 1550 g/mol. The molecule has 0 saturated carbocycles. The van der Waals surface area contributed by atoms with E-state index in [0.717, 1.165) is 16.7 Å². The van der Waals surface area contributed by atoms with Crippen molar-refractivity contribution in [3.8, 4) is 11.8 Å². The standard InChI is InChI=1S/C18H17ClN4O3.C18H13ClN4O3.C15H10BrClN4O2.C8H6BrN3O.C4H4BrN3/c2*19-13-5-3-12(4-6-13)8-22-17(25)15-9-21-16-10-20-14(2-1-7-24)11-23(16)18(15)26;16-12-8-21-13(7-18-12)19-6-11(15(21)23)14(22)20-5-9-1-3-10(17)4-2-9;1-5-2-11-7-3-10-6(9)4-12(7)8(5)13;5-3-1-8-4(6)2-7-3/h3-6,9-11,24H,1-2,7-8H2,(H,22,25);3-6,9-11,24H,7-8H2,(H,22,25);1-4,6-8H,5H2,(H,20,22);2-4H,1H3;1-2H,(H2,6,8). The molecule has 0 radical (unpaired) electrons. The highest BCUT2D eigenvalue weighted by atomic mass is 79.9. The van der Waals surface area contributed by atoms with E-state index in [2.05, 4.69) is 125 Å². The minimum Gasteiger partial charge on any atom is -0.396 e. The second-order valence-corrected chi connectivity index (χ2v) is 23.4. The smallest absolute Gasteiger partial charge is 0.270 e. The highest BCUT2D eigenvalue weighted by molar-refractivity contribution is 9.11. The Morgan fingerprint density at radius 2 is 0.854 bits per heavy atom. The van der Waals surface area contributed by atoms with Crippen LogP contribution in [0.5, 0.6) is 0 Å². The molecule has 7 N–H and O–H groups in total. The lowest BCUT2D eigenvalue weighted by Crippen LogP contribution is -2.31. The van der Waals surface area contributed by atoms with Crippen LogP contribution < -0.4 is 43.9 Å². The average Bonchev–Trinajstić information content (AvgIpc) is 0.835. The largest absolute Gasteiger partial charge is 0.396 e. The van der Waals surface area contributed by atoms with Gasteiger partial charge in [-0.05, 0) is 127 Å². The molecule has 0 aliphatic rings. The molecule has 3 aromatic carbocycles. The van der Waals surface area contributed by atoms with E-state index in [4.69, 9.17) is 50.7 Å². The predicted molar refractivity (Wildman–Crippen MR) is 369 cm³/mol. The molecule has 0 unspecified atom stereocenters. The van der Waals surface area contributed by atoms with Gasteiger partial charge in [0.15, 0.2) is 22.6 Å². The summed E-state index contributed by atoms with van der Waals surface area (Å²) in [5, 5.41) is 27.6. The van der Waals surface area contributed by atoms with Gasteiger partial charge in [-0.15, -0.1) is 0 Å². The summed E-state index contributed by atoms with van der Waals surface area (Å²) in [7, 11) is 0. The SMILES string of the molecule is Cc1cnc2cnc(Br)cn2c1=O.Nc1cnc(Br)cn1.O=C(NCc1ccc(Cl)cc1)c1cnc2cnc(Br)cn2c1=O.O=C(NCc1ccc(Cl)cc1)c1cnc2cnc(C#CCO)cn2c1=O.O=C(NCc1ccc(Cl)cc1)c1cnc2cnc(CCCO)cn2c1=O. The van der Waals surface area contributed by atoms with E-state index in [1.165, 1.54) is 73.4 Å². The van der Waals surface area contributed by atoms with Gasteiger partial charge in [0.05, 0.1) is 42.9 Å². The lowest BCUT2D eigenvalue weighted by atomic mass is 10.2. The minimum absolute atomic E-state index is 0.0328. The van der Waals surface area contributed by atoms with Gasteiger partial charge in [0, 0.05) is 96.4 Å². The van der Waals surface area contributed by atoms with Crippen LogP contribution in [-0.4, -0.2) is 109 Å². The van der Waals surface area contributed by atoms with E-state index < -0.39 is 34.4 Å². The number of nitrogens with zero attached hydrogens (tertiary/aromatic N) is 14. The molecular weight excluding hydrogens is 1500 g/mol. The van der Waals surface area contributed by atoms with E-state index in [1.807, 2.05) is 0 Å². The number of hydrogen-bond acceptors (Lipinski definition) is 20. The van der Waals surface area contributed by atoms with Gasteiger partial charge in [0.2, 0.25) is 0 Å². The van der Waals surface area contributed by atoms with E-state index >= 15 is 0 Å². The number of nitrogens with two attached hydrogens (primary N) is 1. The molecule has 9 aromatic heterocycles. The molecule has 0 aliphatic heterocycles. The Hall–Kier alpha value is -10.1. The second-order valence-electron chi connectivity index (χ2n) is 19.6. The first kappa shape index (κ1) is 71.7. The summed E-state index contributed by atoms with van der Waals surface area (Å²) < 4.78 is 7.04. The normalized spacial score (nSPS) is 10.5. The molecule has 3 amide bonds. The molecule has 488 valence electrons. The number of rotatable bonds is 12. The van der Waals surface area contributed by atoms with Crippen LogP contribution in [0.2, 0.25) is 15.1 Å². The van der Waals surface area contributed by atoms with Gasteiger partial charge < -0.3 is 31.9 Å². The zero-order chi connectivity index (χ0) is 68.8. The van der Waals surface area contributed by atoms with Crippen LogP contribution in [0, 0.1) is 18.8 Å². The number of carbonyl (C=O) groups excluding carboxylic acids is 3. The summed E-state index contributed by atoms with van der Waals surface area (Å²) in [6, 6.07) is 21.1. The summed E-state index contributed by atoms with van der Waals surface area (Å²) in [6.07, 6.45) is 21.2. The van der Waals surface area contributed by atoms with Gasteiger partial charge in [-0.25, -0.2) is 44.9 Å². The molecule has 12 aromatic rings. The highest BCUT2D eigenvalue weighted by Crippen LogP contribution is 2.14. The maximum Gasteiger partial charge on any atom is 0.270 e. The van der Waals surface area contributed by atoms with Crippen LogP contribution in [0.25, 0.3) is 22.6 Å². The summed E-state index contributed by atoms with van der Waals surface area (Å²) >= 11 is 27.0. The third-order valence-corrected chi connectivity index (χ3v) is 14.9. The third-order valence-electron chi connectivity index (χ3n) is 12.9. The van der Waals surface area contributed by atoms with Crippen LogP contribution in [0.4, 0.5) is 5.82 Å². The van der Waals surface area contributed by atoms with Gasteiger partial charge in [-0.2, -0.15) is 0 Å². The van der Waals surface area contributed by atoms with Crippen molar-refractivity contribution < 1.29 is 24.6 Å². The Morgan fingerprint density at radius 1 is 0.469 bits per heavy atom. The molecule has 0 aliphatic carbocycles. The first-order valence-corrected chi connectivity index (χ1v) is 31.5. The molecule has 0 saturated heterocycles. The lowest BCUT2D eigenvalue weighted by molar-refractivity contribution is 0.0940. The monoisotopic (exact) mass is 1540 g/mol. The van der Waals surface area contributed by atoms with Crippen LogP contribution in [0.15, 0.2) is 193 Å². The number of benzene rings is 3. The fraction of sp³-hybridized carbons (Fsp3) is 0.127. The number of nitrogen functional groups attached to an aromatic ring is 1. The number of amides is 3. The summed E-state index contributed by atoms with van der Waals surface area (Å²) in [6.45, 7) is 2.27. The lowest BCUT2D eigenvalue weighted by Gasteiger charge is -2.07. The maximum absolute atomic E-state index is 12.6. The van der Waals surface area contributed by atoms with Crippen molar-refractivity contribution in [1.29, 1.82) is 0 Å². The van der Waals surface area contributed by atoms with Crippen molar-refractivity contribution in [2.24, 2.45) is 0 Å². The maximum atomic E-state index is 12.6. The first-order valence-electron chi connectivity index (χ1n) is 28.0. The van der Waals surface area contributed by atoms with Crippen molar-refractivity contribution >= 4 is 129 Å². The number of aromatic nitrogens is 14. The van der Waals surface area contributed by atoms with Gasteiger partial charge in [-0.1, -0.05) is 77.1 Å². The molecule has 0 fully saturated rings. The molecule has 27 nitrogen and oxygen atoms in total. The van der Waals surface area contributed by atoms with E-state index in [0.29, 0.717) is 81.4 Å². The summed E-state index contributed by atoms with van der Waals surface area (Å²) in [5.74, 6) is 3.97. The number of anilines is 1. The molecule has 96 heavy (non-hydrogen) atoms. The van der Waals surface area contributed by atoms with E-state index in [9.17, 15) is 33.6 Å². The Morgan fingerprint density at radius 3 is 1.26 bits per heavy atom. The molecule has 33 heteroatoms. The van der Waals surface area contributed by atoms with Gasteiger partial charge in [-0.3, -0.25) is 56.1 Å². The van der Waals surface area contributed by atoms with Crippen LogP contribution in [0.1, 0.15) is 71.1 Å². The molecular formula is C63H50Br3Cl3N18O9. The summed E-state index contributed by atoms with van der Waals surface area (Å²) in [5.41, 5.74) is 9.28. The third kappa shape index (κ3) is 20.2. The number of aliphatic hydroxyl groups excluding tert-OH is 2. The van der Waals surface area contributed by atoms with E-state index in [-0.39, 0.29) is 60.8 Å². The zero-order valence-corrected chi connectivity index (χ0v) is 56.8. The Labute approximate surface area is 583 Å². The number of fused-ring (bicyclic) bond motifs is 4. The second kappa shape index (κ2) is 34.9. The highest BCUT2D eigenvalue weighted by Gasteiger charge is 2.17. The Bertz CT molecular complexity index is 5080. The van der Waals surface area contributed by atoms with Crippen molar-refractivity contribution in [2.75, 3.05) is 18.9 Å². The molecule has 0 bridgehead atoms. The van der Waals surface area contributed by atoms with Crippen molar-refractivity contribution in [3.05, 3.63) is 280 Å².